The lowest BCUT2D eigenvalue weighted by Gasteiger charge is -2.10. The van der Waals surface area contributed by atoms with E-state index in [1.165, 1.54) is 0 Å². The lowest BCUT2D eigenvalue weighted by atomic mass is 10.1. The first-order chi connectivity index (χ1) is 5.70. The summed E-state index contributed by atoms with van der Waals surface area (Å²) in [6.45, 7) is 3.54. The van der Waals surface area contributed by atoms with Crippen LogP contribution in [0.5, 0.6) is 0 Å². The van der Waals surface area contributed by atoms with E-state index in [2.05, 4.69) is 0 Å². The van der Waals surface area contributed by atoms with Gasteiger partial charge in [-0.15, -0.1) is 0 Å². The molecule has 1 rings (SSSR count). The quantitative estimate of drug-likeness (QED) is 0.606. The van der Waals surface area contributed by atoms with E-state index in [9.17, 15) is 4.79 Å². The second kappa shape index (κ2) is 4.42. The molecule has 12 heavy (non-hydrogen) atoms. The minimum Gasteiger partial charge on any atom is -0.464 e. The van der Waals surface area contributed by atoms with Gasteiger partial charge in [0, 0.05) is 12.5 Å². The molecule has 1 heterocycles. The lowest BCUT2D eigenvalue weighted by molar-refractivity contribution is -0.146. The molecule has 4 heteroatoms. The number of rotatable bonds is 3. The Morgan fingerprint density at radius 2 is 2.58 bits per heavy atom. The summed E-state index contributed by atoms with van der Waals surface area (Å²) in [5.41, 5.74) is 5.31. The van der Waals surface area contributed by atoms with Crippen molar-refractivity contribution in [2.24, 2.45) is 11.7 Å². The van der Waals surface area contributed by atoms with Gasteiger partial charge in [0.05, 0.1) is 13.2 Å². The van der Waals surface area contributed by atoms with E-state index in [0.29, 0.717) is 19.1 Å². The lowest BCUT2D eigenvalue weighted by Crippen LogP contribution is -2.30. The summed E-state index contributed by atoms with van der Waals surface area (Å²) in [4.78, 5) is 10.9. The van der Waals surface area contributed by atoms with Crippen LogP contribution in [0.2, 0.25) is 0 Å². The smallest absolute Gasteiger partial charge is 0.322 e. The number of ether oxygens (including phenoxy) is 2. The zero-order valence-electron chi connectivity index (χ0n) is 7.29. The third-order valence-electron chi connectivity index (χ3n) is 1.86. The van der Waals surface area contributed by atoms with Gasteiger partial charge in [-0.2, -0.15) is 0 Å². The average molecular weight is 173 g/mol. The maximum absolute atomic E-state index is 10.9. The normalized spacial score (nSPS) is 25.3. The number of nitrogens with two attached hydrogens (primary N) is 1. The molecule has 70 valence electrons. The van der Waals surface area contributed by atoms with Crippen LogP contribution in [0.15, 0.2) is 0 Å². The van der Waals surface area contributed by atoms with Crippen LogP contribution in [-0.4, -0.2) is 31.8 Å². The van der Waals surface area contributed by atoms with Crippen LogP contribution < -0.4 is 5.73 Å². The number of carbonyl (C=O) groups excluding carboxylic acids is 1. The summed E-state index contributed by atoms with van der Waals surface area (Å²) in [7, 11) is 0. The molecule has 0 aromatic carbocycles. The second-order valence-electron chi connectivity index (χ2n) is 3.15. The molecule has 2 unspecified atom stereocenters. The van der Waals surface area contributed by atoms with E-state index in [0.717, 1.165) is 13.0 Å². The van der Waals surface area contributed by atoms with Gasteiger partial charge in [0.2, 0.25) is 0 Å². The third kappa shape index (κ3) is 2.79. The molecule has 2 atom stereocenters. The number of hydrogen-bond donors (Lipinski definition) is 1. The molecule has 0 bridgehead atoms. The predicted octanol–water partition coefficient (Wildman–Crippen LogP) is -0.0867. The van der Waals surface area contributed by atoms with Crippen molar-refractivity contribution in [3.8, 4) is 0 Å². The van der Waals surface area contributed by atoms with Crippen LogP contribution in [0.1, 0.15) is 13.3 Å². The highest BCUT2D eigenvalue weighted by atomic mass is 16.5. The SMILES string of the molecule is CC(N)C(=O)OCC1CCOC1. The van der Waals surface area contributed by atoms with Crippen LogP contribution in [0.4, 0.5) is 0 Å². The van der Waals surface area contributed by atoms with Crippen LogP contribution in [0.3, 0.4) is 0 Å². The first-order valence-electron chi connectivity index (χ1n) is 4.20. The van der Waals surface area contributed by atoms with E-state index < -0.39 is 6.04 Å². The predicted molar refractivity (Wildman–Crippen MR) is 43.5 cm³/mol. The van der Waals surface area contributed by atoms with E-state index in [-0.39, 0.29) is 5.97 Å². The fourth-order valence-corrected chi connectivity index (χ4v) is 1.05. The molecule has 0 aromatic heterocycles. The van der Waals surface area contributed by atoms with Gasteiger partial charge < -0.3 is 15.2 Å². The standard InChI is InChI=1S/C8H15NO3/c1-6(9)8(10)12-5-7-2-3-11-4-7/h6-7H,2-5,9H2,1H3. The largest absolute Gasteiger partial charge is 0.464 e. The van der Waals surface area contributed by atoms with Gasteiger partial charge in [-0.25, -0.2) is 0 Å². The van der Waals surface area contributed by atoms with Crippen molar-refractivity contribution in [3.63, 3.8) is 0 Å². The molecular formula is C8H15NO3. The monoisotopic (exact) mass is 173 g/mol. The highest BCUT2D eigenvalue weighted by molar-refractivity contribution is 5.74. The summed E-state index contributed by atoms with van der Waals surface area (Å²) >= 11 is 0. The minimum absolute atomic E-state index is 0.332. The summed E-state index contributed by atoms with van der Waals surface area (Å²) in [6.07, 6.45) is 0.978. The topological polar surface area (TPSA) is 61.6 Å². The van der Waals surface area contributed by atoms with Crippen LogP contribution in [0, 0.1) is 5.92 Å². The fraction of sp³-hybridized carbons (Fsp3) is 0.875. The van der Waals surface area contributed by atoms with Crippen molar-refractivity contribution in [2.75, 3.05) is 19.8 Å². The maximum atomic E-state index is 10.9. The summed E-state index contributed by atoms with van der Waals surface area (Å²) < 4.78 is 10.1. The summed E-state index contributed by atoms with van der Waals surface area (Å²) in [5, 5.41) is 0. The van der Waals surface area contributed by atoms with Crippen LogP contribution in [-0.2, 0) is 14.3 Å². The fourth-order valence-electron chi connectivity index (χ4n) is 1.05. The number of esters is 1. The molecule has 0 aromatic rings. The van der Waals surface area contributed by atoms with Gasteiger partial charge >= 0.3 is 5.97 Å². The van der Waals surface area contributed by atoms with Gasteiger partial charge in [0.1, 0.15) is 6.04 Å². The van der Waals surface area contributed by atoms with Gasteiger partial charge in [0.15, 0.2) is 0 Å². The minimum atomic E-state index is -0.521. The Balaban J connectivity index is 2.12. The zero-order valence-corrected chi connectivity index (χ0v) is 7.29. The molecule has 1 aliphatic rings. The molecule has 1 fully saturated rings. The Labute approximate surface area is 72.0 Å². The highest BCUT2D eigenvalue weighted by Crippen LogP contribution is 2.12. The average Bonchev–Trinajstić information content (AvgIpc) is 2.51. The Hall–Kier alpha value is -0.610. The van der Waals surface area contributed by atoms with E-state index >= 15 is 0 Å². The summed E-state index contributed by atoms with van der Waals surface area (Å²) in [5.74, 6) is 0.0367. The molecule has 1 aliphatic heterocycles. The van der Waals surface area contributed by atoms with Gasteiger partial charge in [0.25, 0.3) is 0 Å². The van der Waals surface area contributed by atoms with Gasteiger partial charge in [-0.3, -0.25) is 4.79 Å². The molecule has 0 radical (unpaired) electrons. The Kier molecular flexibility index (Phi) is 3.49. The second-order valence-corrected chi connectivity index (χ2v) is 3.15. The van der Waals surface area contributed by atoms with Crippen LogP contribution >= 0.6 is 0 Å². The maximum Gasteiger partial charge on any atom is 0.322 e. The molecule has 1 saturated heterocycles. The number of hydrogen-bond acceptors (Lipinski definition) is 4. The van der Waals surface area contributed by atoms with Crippen molar-refractivity contribution in [1.29, 1.82) is 0 Å². The van der Waals surface area contributed by atoms with E-state index in [4.69, 9.17) is 15.2 Å². The molecule has 4 nitrogen and oxygen atoms in total. The third-order valence-corrected chi connectivity index (χ3v) is 1.86. The Morgan fingerprint density at radius 3 is 3.08 bits per heavy atom. The molecule has 0 amide bonds. The Morgan fingerprint density at radius 1 is 1.83 bits per heavy atom. The van der Waals surface area contributed by atoms with Gasteiger partial charge in [-0.05, 0) is 13.3 Å². The van der Waals surface area contributed by atoms with E-state index in [1.807, 2.05) is 0 Å². The first kappa shape index (κ1) is 9.48. The molecule has 0 spiro atoms. The molecule has 2 N–H and O–H groups in total. The van der Waals surface area contributed by atoms with Crippen molar-refractivity contribution in [1.82, 2.24) is 0 Å². The highest BCUT2D eigenvalue weighted by Gasteiger charge is 2.18. The summed E-state index contributed by atoms with van der Waals surface area (Å²) in [6, 6.07) is -0.521. The van der Waals surface area contributed by atoms with Crippen molar-refractivity contribution in [3.05, 3.63) is 0 Å². The van der Waals surface area contributed by atoms with E-state index in [1.54, 1.807) is 6.92 Å². The molecule has 0 aliphatic carbocycles. The molecule has 0 saturated carbocycles. The molecular weight excluding hydrogens is 158 g/mol. The van der Waals surface area contributed by atoms with Crippen LogP contribution in [0.25, 0.3) is 0 Å². The van der Waals surface area contributed by atoms with Gasteiger partial charge in [-0.1, -0.05) is 0 Å². The van der Waals surface area contributed by atoms with Crippen molar-refractivity contribution >= 4 is 5.97 Å². The van der Waals surface area contributed by atoms with Crippen molar-refractivity contribution < 1.29 is 14.3 Å². The Bertz CT molecular complexity index is 152. The number of carbonyl (C=O) groups is 1. The first-order valence-corrected chi connectivity index (χ1v) is 4.20. The zero-order chi connectivity index (χ0) is 8.97. The van der Waals surface area contributed by atoms with Crippen molar-refractivity contribution in [2.45, 2.75) is 19.4 Å².